The lowest BCUT2D eigenvalue weighted by Crippen LogP contribution is -2.40. The number of methoxy groups -OCH3 is 1. The molecule has 4 amide bonds. The van der Waals surface area contributed by atoms with Crippen molar-refractivity contribution in [2.45, 2.75) is 20.1 Å². The van der Waals surface area contributed by atoms with E-state index in [2.05, 4.69) is 20.6 Å². The van der Waals surface area contributed by atoms with Crippen LogP contribution >= 0.6 is 23.2 Å². The summed E-state index contributed by atoms with van der Waals surface area (Å²) >= 11 is 13.3. The summed E-state index contributed by atoms with van der Waals surface area (Å²) in [6.45, 7) is 2.68. The van der Waals surface area contributed by atoms with Crippen molar-refractivity contribution in [1.82, 2.24) is 20.2 Å². The predicted molar refractivity (Wildman–Crippen MR) is 195 cm³/mol. The number of anilines is 2. The van der Waals surface area contributed by atoms with Crippen molar-refractivity contribution in [1.29, 1.82) is 0 Å². The number of carbonyl (C=O) groups excluding carboxylic acids is 3. The Kier molecular flexibility index (Phi) is 12.2. The number of amides is 4. The van der Waals surface area contributed by atoms with E-state index in [1.54, 1.807) is 67.8 Å². The quantitative estimate of drug-likeness (QED) is 0.136. The second-order valence-corrected chi connectivity index (χ2v) is 12.1. The van der Waals surface area contributed by atoms with Gasteiger partial charge in [0.1, 0.15) is 17.9 Å². The molecule has 0 aliphatic heterocycles. The summed E-state index contributed by atoms with van der Waals surface area (Å²) in [4.78, 5) is 51.1. The Morgan fingerprint density at radius 2 is 1.78 bits per heavy atom. The molecule has 50 heavy (non-hydrogen) atoms. The molecule has 0 fully saturated rings. The van der Waals surface area contributed by atoms with Gasteiger partial charge in [0.2, 0.25) is 5.91 Å². The molecule has 5 rings (SSSR count). The maximum absolute atomic E-state index is 13.4. The number of rotatable bonds is 13. The van der Waals surface area contributed by atoms with E-state index >= 15 is 0 Å². The highest BCUT2D eigenvalue weighted by molar-refractivity contribution is 6.38. The van der Waals surface area contributed by atoms with Crippen molar-refractivity contribution in [3.05, 3.63) is 124 Å². The van der Waals surface area contributed by atoms with E-state index in [1.807, 2.05) is 49.4 Å². The zero-order chi connectivity index (χ0) is 35.6. The molecule has 2 heterocycles. The van der Waals surface area contributed by atoms with Gasteiger partial charge in [-0.2, -0.15) is 0 Å². The predicted octanol–water partition coefficient (Wildman–Crippen LogP) is 6.90. The Labute approximate surface area is 300 Å². The Bertz CT molecular complexity index is 2000. The number of hydrogen-bond donors (Lipinski definition) is 2. The van der Waals surface area contributed by atoms with E-state index in [4.69, 9.17) is 32.7 Å². The van der Waals surface area contributed by atoms with Gasteiger partial charge in [-0.3, -0.25) is 14.6 Å². The van der Waals surface area contributed by atoms with Crippen molar-refractivity contribution in [2.24, 2.45) is 0 Å². The van der Waals surface area contributed by atoms with Crippen molar-refractivity contribution < 1.29 is 23.9 Å². The number of fused-ring (bicyclic) bond motifs is 1. The van der Waals surface area contributed by atoms with Crippen LogP contribution in [-0.2, 0) is 22.7 Å². The number of halogens is 2. The average Bonchev–Trinajstić information content (AvgIpc) is 3.12. The molecule has 13 heteroatoms. The van der Waals surface area contributed by atoms with Gasteiger partial charge in [0.05, 0.1) is 23.9 Å². The van der Waals surface area contributed by atoms with Crippen LogP contribution in [0.1, 0.15) is 27.2 Å². The number of aromatic nitrogens is 2. The number of aryl methyl sites for hydroxylation is 1. The minimum absolute atomic E-state index is 0.0398. The first-order valence-corrected chi connectivity index (χ1v) is 16.4. The zero-order valence-electron chi connectivity index (χ0n) is 27.8. The van der Waals surface area contributed by atoms with Crippen LogP contribution in [0, 0.1) is 6.92 Å². The fourth-order valence-corrected chi connectivity index (χ4v) is 5.73. The number of carbonyl (C=O) groups is 3. The number of likely N-dealkylation sites (N-methyl/N-ethyl adjacent to an activating group) is 1. The fourth-order valence-electron chi connectivity index (χ4n) is 5.12. The summed E-state index contributed by atoms with van der Waals surface area (Å²) in [6, 6.07) is 22.5. The normalized spacial score (nSPS) is 10.8. The molecule has 0 saturated carbocycles. The number of nitrogens with one attached hydrogen (secondary N) is 2. The van der Waals surface area contributed by atoms with Crippen LogP contribution in [0.25, 0.3) is 10.9 Å². The van der Waals surface area contributed by atoms with Gasteiger partial charge in [-0.1, -0.05) is 53.5 Å². The summed E-state index contributed by atoms with van der Waals surface area (Å²) < 4.78 is 11.3. The average molecular weight is 716 g/mol. The van der Waals surface area contributed by atoms with Crippen LogP contribution in [0.5, 0.6) is 5.75 Å². The molecule has 0 bridgehead atoms. The molecule has 3 aromatic carbocycles. The number of nitrogens with zero attached hydrogens (tertiary/aromatic N) is 4. The minimum atomic E-state index is -0.627. The highest BCUT2D eigenvalue weighted by Gasteiger charge is 2.21. The Balaban J connectivity index is 1.19. The van der Waals surface area contributed by atoms with Gasteiger partial charge in [-0.25, -0.2) is 9.78 Å². The highest BCUT2D eigenvalue weighted by Crippen LogP contribution is 2.35. The largest absolute Gasteiger partial charge is 0.487 e. The molecule has 5 aromatic rings. The molecule has 0 radical (unpaired) electrons. The molecule has 0 aliphatic rings. The second-order valence-electron chi connectivity index (χ2n) is 11.4. The van der Waals surface area contributed by atoms with Gasteiger partial charge >= 0.3 is 6.03 Å². The van der Waals surface area contributed by atoms with Gasteiger partial charge < -0.3 is 29.9 Å². The molecular formula is C37H36Cl2N6O5. The zero-order valence-corrected chi connectivity index (χ0v) is 29.3. The van der Waals surface area contributed by atoms with E-state index in [1.165, 1.54) is 4.90 Å². The van der Waals surface area contributed by atoms with Crippen LogP contribution < -0.4 is 20.3 Å². The number of para-hydroxylation sites is 1. The summed E-state index contributed by atoms with van der Waals surface area (Å²) in [6.07, 6.45) is 3.37. The van der Waals surface area contributed by atoms with Crippen LogP contribution in [-0.4, -0.2) is 66.6 Å². The number of pyridine rings is 2. The maximum atomic E-state index is 13.4. The lowest BCUT2D eigenvalue weighted by atomic mass is 10.1. The summed E-state index contributed by atoms with van der Waals surface area (Å²) in [5.74, 6) is -0.0928. The Morgan fingerprint density at radius 1 is 0.960 bits per heavy atom. The van der Waals surface area contributed by atoms with Crippen molar-refractivity contribution in [3.8, 4) is 5.75 Å². The van der Waals surface area contributed by atoms with Crippen molar-refractivity contribution in [3.63, 3.8) is 0 Å². The third-order valence-electron chi connectivity index (χ3n) is 7.81. The van der Waals surface area contributed by atoms with Crippen LogP contribution in [0.4, 0.5) is 16.2 Å². The number of hydrogen-bond acceptors (Lipinski definition) is 7. The van der Waals surface area contributed by atoms with E-state index in [-0.39, 0.29) is 24.1 Å². The minimum Gasteiger partial charge on any atom is -0.487 e. The van der Waals surface area contributed by atoms with E-state index < -0.39 is 11.9 Å². The molecule has 258 valence electrons. The topological polar surface area (TPSA) is 126 Å². The van der Waals surface area contributed by atoms with Gasteiger partial charge in [-0.15, -0.1) is 0 Å². The Morgan fingerprint density at radius 3 is 2.56 bits per heavy atom. The molecule has 0 atom stereocenters. The number of urea groups is 1. The molecule has 0 spiro atoms. The van der Waals surface area contributed by atoms with Crippen molar-refractivity contribution in [2.75, 3.05) is 44.1 Å². The molecule has 2 N–H and O–H groups in total. The Hall–Kier alpha value is -5.23. The molecule has 11 nitrogen and oxygen atoms in total. The van der Waals surface area contributed by atoms with E-state index in [9.17, 15) is 14.4 Å². The smallest absolute Gasteiger partial charge is 0.319 e. The van der Waals surface area contributed by atoms with Gasteiger partial charge in [-0.05, 0) is 61.0 Å². The van der Waals surface area contributed by atoms with Gasteiger partial charge in [0, 0.05) is 72.6 Å². The molecule has 0 saturated heterocycles. The van der Waals surface area contributed by atoms with E-state index in [0.717, 1.165) is 22.2 Å². The SMILES string of the molecule is COCCN(Cc1cccnc1)C(=O)c1cccc(NC(=O)NCC(=O)N(C)c2ccc(Cl)c(COc3cccc4ccc(C)nc34)c2Cl)c1. The summed E-state index contributed by atoms with van der Waals surface area (Å²) in [5, 5.41) is 6.81. The first-order chi connectivity index (χ1) is 24.1. The summed E-state index contributed by atoms with van der Waals surface area (Å²) in [5.41, 5.74) is 4.09. The molecule has 0 unspecified atom stereocenters. The molecular weight excluding hydrogens is 679 g/mol. The van der Waals surface area contributed by atoms with E-state index in [0.29, 0.717) is 53.0 Å². The number of benzene rings is 3. The molecule has 0 aliphatic carbocycles. The van der Waals surface area contributed by atoms with Crippen LogP contribution in [0.3, 0.4) is 0 Å². The standard InChI is InChI=1S/C37H36Cl2N6O5/c1-24-12-13-26-8-5-11-32(35(26)42-24)50-23-29-30(38)14-15-31(34(29)39)44(2)33(46)21-41-37(48)43-28-10-4-9-27(19-28)36(47)45(17-18-49-3)22-25-7-6-16-40-20-25/h4-16,19-20H,17-18,21-23H2,1-3H3,(H2,41,43,48). The highest BCUT2D eigenvalue weighted by atomic mass is 35.5. The van der Waals surface area contributed by atoms with Crippen LogP contribution in [0.15, 0.2) is 91.3 Å². The second kappa shape index (κ2) is 16.9. The first-order valence-electron chi connectivity index (χ1n) is 15.7. The van der Waals surface area contributed by atoms with Gasteiger partial charge in [0.15, 0.2) is 0 Å². The van der Waals surface area contributed by atoms with Gasteiger partial charge in [0.25, 0.3) is 5.91 Å². The lowest BCUT2D eigenvalue weighted by molar-refractivity contribution is -0.117. The maximum Gasteiger partial charge on any atom is 0.319 e. The monoisotopic (exact) mass is 714 g/mol. The first kappa shape index (κ1) is 36.1. The molecule has 2 aromatic heterocycles. The third-order valence-corrected chi connectivity index (χ3v) is 8.59. The summed E-state index contributed by atoms with van der Waals surface area (Å²) in [7, 11) is 3.12. The van der Waals surface area contributed by atoms with Crippen molar-refractivity contribution >= 4 is 63.3 Å². The fraction of sp³-hybridized carbons (Fsp3) is 0.216. The lowest BCUT2D eigenvalue weighted by Gasteiger charge is -2.23. The number of ether oxygens (including phenoxy) is 2. The third kappa shape index (κ3) is 9.06. The van der Waals surface area contributed by atoms with Crippen LogP contribution in [0.2, 0.25) is 10.0 Å².